The molecule has 1 N–H and O–H groups in total. The van der Waals surface area contributed by atoms with Crippen molar-refractivity contribution in [2.45, 2.75) is 46.1 Å². The Morgan fingerprint density at radius 2 is 2.00 bits per heavy atom. The molecule has 1 rings (SSSR count). The minimum absolute atomic E-state index is 0.334. The molecule has 0 aliphatic carbocycles. The Labute approximate surface area is 115 Å². The SMILES string of the molecule is CCCCC(C(=O)OC)C(O)c1ccc(C)c(C)c1. The van der Waals surface area contributed by atoms with Crippen LogP contribution in [0, 0.1) is 19.8 Å². The van der Waals surface area contributed by atoms with Crippen LogP contribution in [0.4, 0.5) is 0 Å². The van der Waals surface area contributed by atoms with Crippen molar-refractivity contribution < 1.29 is 14.6 Å². The predicted molar refractivity (Wildman–Crippen MR) is 75.9 cm³/mol. The Morgan fingerprint density at radius 1 is 1.32 bits per heavy atom. The van der Waals surface area contributed by atoms with E-state index in [1.165, 1.54) is 12.7 Å². The van der Waals surface area contributed by atoms with Gasteiger partial charge in [0.15, 0.2) is 0 Å². The van der Waals surface area contributed by atoms with Gasteiger partial charge in [0.2, 0.25) is 0 Å². The molecule has 3 nitrogen and oxygen atoms in total. The summed E-state index contributed by atoms with van der Waals surface area (Å²) in [7, 11) is 1.37. The van der Waals surface area contributed by atoms with Gasteiger partial charge >= 0.3 is 5.97 Å². The van der Waals surface area contributed by atoms with Crippen molar-refractivity contribution in [1.82, 2.24) is 0 Å². The first-order chi connectivity index (χ1) is 9.01. The van der Waals surface area contributed by atoms with E-state index in [1.807, 2.05) is 32.0 Å². The fraction of sp³-hybridized carbons (Fsp3) is 0.562. The van der Waals surface area contributed by atoms with Crippen LogP contribution in [0.3, 0.4) is 0 Å². The van der Waals surface area contributed by atoms with E-state index < -0.39 is 12.0 Å². The van der Waals surface area contributed by atoms with E-state index >= 15 is 0 Å². The Balaban J connectivity index is 2.93. The van der Waals surface area contributed by atoms with Gasteiger partial charge in [0.1, 0.15) is 0 Å². The van der Waals surface area contributed by atoms with Crippen molar-refractivity contribution in [3.63, 3.8) is 0 Å². The largest absolute Gasteiger partial charge is 0.469 e. The lowest BCUT2D eigenvalue weighted by atomic mass is 9.90. The number of hydrogen-bond acceptors (Lipinski definition) is 3. The van der Waals surface area contributed by atoms with Crippen LogP contribution in [-0.2, 0) is 9.53 Å². The first kappa shape index (κ1) is 15.7. The molecule has 0 aliphatic heterocycles. The zero-order valence-electron chi connectivity index (χ0n) is 12.3. The van der Waals surface area contributed by atoms with Gasteiger partial charge in [-0.2, -0.15) is 0 Å². The van der Waals surface area contributed by atoms with E-state index in [1.54, 1.807) is 0 Å². The number of rotatable bonds is 6. The highest BCUT2D eigenvalue weighted by atomic mass is 16.5. The van der Waals surface area contributed by atoms with E-state index in [2.05, 4.69) is 6.92 Å². The van der Waals surface area contributed by atoms with Crippen LogP contribution < -0.4 is 0 Å². The average molecular weight is 264 g/mol. The molecule has 2 atom stereocenters. The molecule has 0 amide bonds. The lowest BCUT2D eigenvalue weighted by Gasteiger charge is -2.21. The van der Waals surface area contributed by atoms with E-state index in [0.717, 1.165) is 24.0 Å². The molecule has 0 spiro atoms. The molecule has 0 radical (unpaired) electrons. The van der Waals surface area contributed by atoms with E-state index in [-0.39, 0.29) is 5.97 Å². The van der Waals surface area contributed by atoms with Gasteiger partial charge in [0.05, 0.1) is 19.1 Å². The molecule has 0 saturated heterocycles. The molecule has 106 valence electrons. The summed E-state index contributed by atoms with van der Waals surface area (Å²) in [4.78, 5) is 11.8. The summed E-state index contributed by atoms with van der Waals surface area (Å²) >= 11 is 0. The maximum Gasteiger partial charge on any atom is 0.311 e. The lowest BCUT2D eigenvalue weighted by molar-refractivity contribution is -0.150. The zero-order chi connectivity index (χ0) is 14.4. The average Bonchev–Trinajstić information content (AvgIpc) is 2.41. The molecular formula is C16H24O3. The molecule has 0 bridgehead atoms. The van der Waals surface area contributed by atoms with Gasteiger partial charge in [-0.1, -0.05) is 38.0 Å². The van der Waals surface area contributed by atoms with Gasteiger partial charge in [-0.25, -0.2) is 0 Å². The normalized spacial score (nSPS) is 13.9. The highest BCUT2D eigenvalue weighted by Crippen LogP contribution is 2.28. The Hall–Kier alpha value is -1.35. The number of carbonyl (C=O) groups is 1. The van der Waals surface area contributed by atoms with Crippen molar-refractivity contribution >= 4 is 5.97 Å². The second-order valence-electron chi connectivity index (χ2n) is 5.06. The van der Waals surface area contributed by atoms with Gasteiger partial charge in [0, 0.05) is 0 Å². The molecule has 0 heterocycles. The molecule has 1 aromatic rings. The molecule has 19 heavy (non-hydrogen) atoms. The van der Waals surface area contributed by atoms with Crippen molar-refractivity contribution in [1.29, 1.82) is 0 Å². The van der Waals surface area contributed by atoms with Gasteiger partial charge in [-0.15, -0.1) is 0 Å². The standard InChI is InChI=1S/C16H24O3/c1-5-6-7-14(16(18)19-4)15(17)13-9-8-11(2)12(3)10-13/h8-10,14-15,17H,5-7H2,1-4H3. The molecule has 3 heteroatoms. The number of carbonyl (C=O) groups excluding carboxylic acids is 1. The number of hydrogen-bond donors (Lipinski definition) is 1. The Bertz CT molecular complexity index is 426. The van der Waals surface area contributed by atoms with Gasteiger partial charge in [-0.05, 0) is 37.0 Å². The number of esters is 1. The van der Waals surface area contributed by atoms with Crippen molar-refractivity contribution in [2.75, 3.05) is 7.11 Å². The summed E-state index contributed by atoms with van der Waals surface area (Å²) in [5.74, 6) is -0.814. The first-order valence-corrected chi connectivity index (χ1v) is 6.84. The Kier molecular flexibility index (Phi) is 6.03. The smallest absolute Gasteiger partial charge is 0.311 e. The van der Waals surface area contributed by atoms with Crippen LogP contribution >= 0.6 is 0 Å². The molecule has 0 fully saturated rings. The topological polar surface area (TPSA) is 46.5 Å². The minimum atomic E-state index is -0.793. The molecule has 0 aliphatic rings. The number of ether oxygens (including phenoxy) is 1. The second kappa shape index (κ2) is 7.29. The van der Waals surface area contributed by atoms with Crippen LogP contribution in [0.2, 0.25) is 0 Å². The highest BCUT2D eigenvalue weighted by molar-refractivity contribution is 5.73. The summed E-state index contributed by atoms with van der Waals surface area (Å²) in [5.41, 5.74) is 3.09. The molecule has 1 aromatic carbocycles. The number of benzene rings is 1. The summed E-state index contributed by atoms with van der Waals surface area (Å²) in [6, 6.07) is 5.80. The third-order valence-electron chi connectivity index (χ3n) is 3.63. The first-order valence-electron chi connectivity index (χ1n) is 6.84. The summed E-state index contributed by atoms with van der Waals surface area (Å²) < 4.78 is 4.81. The fourth-order valence-corrected chi connectivity index (χ4v) is 2.16. The van der Waals surface area contributed by atoms with E-state index in [4.69, 9.17) is 4.74 Å². The van der Waals surface area contributed by atoms with E-state index in [9.17, 15) is 9.90 Å². The molecule has 2 unspecified atom stereocenters. The maximum atomic E-state index is 11.8. The monoisotopic (exact) mass is 264 g/mol. The number of methoxy groups -OCH3 is 1. The zero-order valence-corrected chi connectivity index (χ0v) is 12.3. The fourth-order valence-electron chi connectivity index (χ4n) is 2.16. The Morgan fingerprint density at radius 3 is 2.53 bits per heavy atom. The maximum absolute atomic E-state index is 11.8. The van der Waals surface area contributed by atoms with Crippen LogP contribution in [0.1, 0.15) is 49.0 Å². The van der Waals surface area contributed by atoms with Crippen LogP contribution in [0.25, 0.3) is 0 Å². The van der Waals surface area contributed by atoms with Gasteiger partial charge in [0.25, 0.3) is 0 Å². The summed E-state index contributed by atoms with van der Waals surface area (Å²) in [6.45, 7) is 6.10. The number of aliphatic hydroxyl groups is 1. The number of aliphatic hydroxyl groups excluding tert-OH is 1. The van der Waals surface area contributed by atoms with Gasteiger partial charge in [-0.3, -0.25) is 4.79 Å². The molecule has 0 aromatic heterocycles. The summed E-state index contributed by atoms with van der Waals surface area (Å²) in [6.07, 6.45) is 1.75. The van der Waals surface area contributed by atoms with Crippen LogP contribution in [-0.4, -0.2) is 18.2 Å². The van der Waals surface area contributed by atoms with Crippen molar-refractivity contribution in [2.24, 2.45) is 5.92 Å². The van der Waals surface area contributed by atoms with Crippen molar-refractivity contribution in [3.8, 4) is 0 Å². The highest BCUT2D eigenvalue weighted by Gasteiger charge is 2.28. The third-order valence-corrected chi connectivity index (χ3v) is 3.63. The van der Waals surface area contributed by atoms with Crippen LogP contribution in [0.5, 0.6) is 0 Å². The van der Waals surface area contributed by atoms with E-state index in [0.29, 0.717) is 6.42 Å². The lowest BCUT2D eigenvalue weighted by Crippen LogP contribution is -2.23. The van der Waals surface area contributed by atoms with Crippen molar-refractivity contribution in [3.05, 3.63) is 34.9 Å². The number of aryl methyl sites for hydroxylation is 2. The second-order valence-corrected chi connectivity index (χ2v) is 5.06. The predicted octanol–water partition coefficient (Wildman–Crippen LogP) is 3.32. The van der Waals surface area contributed by atoms with Crippen LogP contribution in [0.15, 0.2) is 18.2 Å². The van der Waals surface area contributed by atoms with Gasteiger partial charge < -0.3 is 9.84 Å². The minimum Gasteiger partial charge on any atom is -0.469 e. The molecular weight excluding hydrogens is 240 g/mol. The quantitative estimate of drug-likeness (QED) is 0.802. The number of unbranched alkanes of at least 4 members (excludes halogenated alkanes) is 1. The third kappa shape index (κ3) is 4.06. The summed E-state index contributed by atoms with van der Waals surface area (Å²) in [5, 5.41) is 10.4. The molecule has 0 saturated carbocycles.